The number of amides is 1. The molecule has 1 amide bonds. The van der Waals surface area contributed by atoms with Gasteiger partial charge in [0.2, 0.25) is 0 Å². The third-order valence-electron chi connectivity index (χ3n) is 5.37. The van der Waals surface area contributed by atoms with Gasteiger partial charge in [-0.3, -0.25) is 0 Å². The number of H-pyrrole nitrogens is 1. The van der Waals surface area contributed by atoms with Crippen LogP contribution >= 0.6 is 11.6 Å². The van der Waals surface area contributed by atoms with E-state index in [2.05, 4.69) is 17.1 Å². The summed E-state index contributed by atoms with van der Waals surface area (Å²) in [5.74, 6) is 0.925. The molecule has 1 fully saturated rings. The van der Waals surface area contributed by atoms with Gasteiger partial charge in [0, 0.05) is 18.1 Å². The molecule has 0 atom stereocenters. The van der Waals surface area contributed by atoms with Gasteiger partial charge >= 0.3 is 6.09 Å². The smallest absolute Gasteiger partial charge is 0.409 e. The lowest BCUT2D eigenvalue weighted by molar-refractivity contribution is 0.0899. The lowest BCUT2D eigenvalue weighted by Crippen LogP contribution is -2.46. The summed E-state index contributed by atoms with van der Waals surface area (Å²) in [5, 5.41) is 0.673. The van der Waals surface area contributed by atoms with E-state index in [9.17, 15) is 4.79 Å². The molecule has 1 aliphatic rings. The molecule has 0 saturated carbocycles. The number of aromatic amines is 1. The van der Waals surface area contributed by atoms with E-state index in [1.165, 1.54) is 5.56 Å². The highest BCUT2D eigenvalue weighted by Gasteiger charge is 2.41. The van der Waals surface area contributed by atoms with Crippen LogP contribution in [-0.4, -0.2) is 40.7 Å². The Hall–Kier alpha value is -2.53. The van der Waals surface area contributed by atoms with Gasteiger partial charge in [-0.2, -0.15) is 0 Å². The predicted molar refractivity (Wildman–Crippen MR) is 106 cm³/mol. The zero-order chi connectivity index (χ0) is 18.9. The molecule has 27 heavy (non-hydrogen) atoms. The van der Waals surface area contributed by atoms with Crippen molar-refractivity contribution in [1.29, 1.82) is 0 Å². The fourth-order valence-electron chi connectivity index (χ4n) is 3.91. The molecular weight excluding hydrogens is 362 g/mol. The van der Waals surface area contributed by atoms with Crippen LogP contribution in [-0.2, 0) is 10.2 Å². The van der Waals surface area contributed by atoms with Crippen molar-refractivity contribution in [1.82, 2.24) is 14.9 Å². The van der Waals surface area contributed by atoms with Crippen molar-refractivity contribution in [3.05, 3.63) is 64.9 Å². The minimum Gasteiger partial charge on any atom is -0.450 e. The molecule has 0 unspecified atom stereocenters. The number of nitrogens with zero attached hydrogens (tertiary/aromatic N) is 2. The Balaban J connectivity index is 1.73. The summed E-state index contributed by atoms with van der Waals surface area (Å²) in [6.07, 6.45) is 1.32. The van der Waals surface area contributed by atoms with Crippen molar-refractivity contribution in [2.24, 2.45) is 0 Å². The first-order valence-electron chi connectivity index (χ1n) is 9.25. The van der Waals surface area contributed by atoms with Crippen molar-refractivity contribution in [2.75, 3.05) is 19.7 Å². The highest BCUT2D eigenvalue weighted by molar-refractivity contribution is 6.31. The molecule has 3 aromatic rings. The Morgan fingerprint density at radius 3 is 2.67 bits per heavy atom. The summed E-state index contributed by atoms with van der Waals surface area (Å²) in [6, 6.07) is 16.1. The molecule has 1 aliphatic heterocycles. The van der Waals surface area contributed by atoms with Crippen molar-refractivity contribution >= 4 is 28.7 Å². The zero-order valence-corrected chi connectivity index (χ0v) is 16.0. The number of piperidine rings is 1. The van der Waals surface area contributed by atoms with Gasteiger partial charge in [-0.15, -0.1) is 0 Å². The molecule has 6 heteroatoms. The van der Waals surface area contributed by atoms with Gasteiger partial charge in [0.05, 0.1) is 23.1 Å². The molecule has 1 aromatic heterocycles. The molecule has 1 N–H and O–H groups in total. The topological polar surface area (TPSA) is 58.2 Å². The number of likely N-dealkylation sites (tertiary alicyclic amines) is 1. The van der Waals surface area contributed by atoms with Crippen LogP contribution in [0, 0.1) is 0 Å². The lowest BCUT2D eigenvalue weighted by Gasteiger charge is -2.40. The second kappa shape index (κ2) is 7.24. The van der Waals surface area contributed by atoms with Gasteiger partial charge in [0.1, 0.15) is 5.82 Å². The number of benzene rings is 2. The fraction of sp³-hybridized carbons (Fsp3) is 0.333. The van der Waals surface area contributed by atoms with Gasteiger partial charge < -0.3 is 14.6 Å². The normalized spacial score (nSPS) is 16.4. The molecular formula is C21H22ClN3O2. The van der Waals surface area contributed by atoms with Gasteiger partial charge in [-0.1, -0.05) is 41.9 Å². The second-order valence-corrected chi connectivity index (χ2v) is 7.32. The number of nitrogens with one attached hydrogen (secondary N) is 1. The molecule has 4 rings (SSSR count). The van der Waals surface area contributed by atoms with Crippen LogP contribution < -0.4 is 0 Å². The van der Waals surface area contributed by atoms with E-state index in [1.807, 2.05) is 43.3 Å². The molecule has 2 aromatic carbocycles. The number of rotatable bonds is 3. The Labute approximate surface area is 163 Å². The van der Waals surface area contributed by atoms with Gasteiger partial charge in [0.25, 0.3) is 0 Å². The Bertz CT molecular complexity index is 946. The highest BCUT2D eigenvalue weighted by atomic mass is 35.5. The van der Waals surface area contributed by atoms with Crippen molar-refractivity contribution < 1.29 is 9.53 Å². The van der Waals surface area contributed by atoms with Crippen LogP contribution in [0.3, 0.4) is 0 Å². The molecule has 0 radical (unpaired) electrons. The van der Waals surface area contributed by atoms with Crippen LogP contribution in [0.25, 0.3) is 11.0 Å². The van der Waals surface area contributed by atoms with Crippen LogP contribution in [0.5, 0.6) is 0 Å². The molecule has 140 valence electrons. The number of carbonyl (C=O) groups excluding carboxylic acids is 1. The zero-order valence-electron chi connectivity index (χ0n) is 15.2. The number of ether oxygens (including phenoxy) is 1. The summed E-state index contributed by atoms with van der Waals surface area (Å²) < 4.78 is 5.17. The molecule has 0 aliphatic carbocycles. The Morgan fingerprint density at radius 1 is 1.22 bits per heavy atom. The third kappa shape index (κ3) is 3.28. The third-order valence-corrected chi connectivity index (χ3v) is 5.60. The van der Waals surface area contributed by atoms with E-state index < -0.39 is 0 Å². The Morgan fingerprint density at radius 2 is 1.96 bits per heavy atom. The first-order valence-corrected chi connectivity index (χ1v) is 9.63. The summed E-state index contributed by atoms with van der Waals surface area (Å²) in [4.78, 5) is 22.3. The van der Waals surface area contributed by atoms with E-state index in [-0.39, 0.29) is 11.5 Å². The van der Waals surface area contributed by atoms with Gasteiger partial charge in [-0.05, 0) is 43.5 Å². The minimum atomic E-state index is -0.268. The maximum atomic E-state index is 12.1. The molecule has 5 nitrogen and oxygen atoms in total. The molecule has 0 spiro atoms. The summed E-state index contributed by atoms with van der Waals surface area (Å²) in [5.41, 5.74) is 2.77. The monoisotopic (exact) mass is 383 g/mol. The number of halogens is 1. The Kier molecular flexibility index (Phi) is 4.79. The summed E-state index contributed by atoms with van der Waals surface area (Å²) in [6.45, 7) is 3.48. The van der Waals surface area contributed by atoms with E-state index in [4.69, 9.17) is 21.3 Å². The predicted octanol–water partition coefficient (Wildman–Crippen LogP) is 4.75. The minimum absolute atomic E-state index is 0.240. The fourth-order valence-corrected chi connectivity index (χ4v) is 4.08. The number of hydrogen-bond acceptors (Lipinski definition) is 3. The van der Waals surface area contributed by atoms with Crippen LogP contribution in [0.1, 0.15) is 31.2 Å². The van der Waals surface area contributed by atoms with E-state index in [1.54, 1.807) is 4.90 Å². The van der Waals surface area contributed by atoms with Crippen molar-refractivity contribution in [2.45, 2.75) is 25.2 Å². The quantitative estimate of drug-likeness (QED) is 0.709. The van der Waals surface area contributed by atoms with Crippen molar-refractivity contribution in [3.63, 3.8) is 0 Å². The number of aromatic nitrogens is 2. The van der Waals surface area contributed by atoms with Crippen molar-refractivity contribution in [3.8, 4) is 0 Å². The SMILES string of the molecule is CCOC(=O)N1CCC(c2ccccc2)(c2nc3cc(Cl)ccc3[nH]2)CC1. The van der Waals surface area contributed by atoms with Crippen LogP contribution in [0.4, 0.5) is 4.79 Å². The molecule has 2 heterocycles. The average molecular weight is 384 g/mol. The average Bonchev–Trinajstić information content (AvgIpc) is 3.12. The lowest BCUT2D eigenvalue weighted by atomic mass is 9.72. The second-order valence-electron chi connectivity index (χ2n) is 6.88. The molecule has 0 bridgehead atoms. The maximum Gasteiger partial charge on any atom is 0.409 e. The number of fused-ring (bicyclic) bond motifs is 1. The summed E-state index contributed by atoms with van der Waals surface area (Å²) in [7, 11) is 0. The van der Waals surface area contributed by atoms with Crippen LogP contribution in [0.2, 0.25) is 5.02 Å². The highest BCUT2D eigenvalue weighted by Crippen LogP contribution is 2.41. The first-order chi connectivity index (χ1) is 13.1. The largest absolute Gasteiger partial charge is 0.450 e. The maximum absolute atomic E-state index is 12.1. The number of hydrogen-bond donors (Lipinski definition) is 1. The van der Waals surface area contributed by atoms with Gasteiger partial charge in [0.15, 0.2) is 0 Å². The standard InChI is InChI=1S/C21H22ClN3O2/c1-2-27-20(26)25-12-10-21(11-13-25,15-6-4-3-5-7-15)19-23-17-9-8-16(22)14-18(17)24-19/h3-9,14H,2,10-13H2,1H3,(H,23,24). The van der Waals surface area contributed by atoms with E-state index in [0.717, 1.165) is 29.7 Å². The number of carbonyl (C=O) groups is 1. The summed E-state index contributed by atoms with van der Waals surface area (Å²) >= 11 is 6.14. The first kappa shape index (κ1) is 17.9. The van der Waals surface area contributed by atoms with Crippen LogP contribution in [0.15, 0.2) is 48.5 Å². The van der Waals surface area contributed by atoms with Gasteiger partial charge in [-0.25, -0.2) is 9.78 Å². The van der Waals surface area contributed by atoms with E-state index in [0.29, 0.717) is 24.7 Å². The number of imidazole rings is 1. The van der Waals surface area contributed by atoms with E-state index >= 15 is 0 Å². The molecule has 1 saturated heterocycles.